The number of halogens is 2. The molecule has 4 aromatic rings. The van der Waals surface area contributed by atoms with Crippen molar-refractivity contribution in [2.24, 2.45) is 0 Å². The zero-order valence-corrected chi connectivity index (χ0v) is 21.8. The molecule has 0 aliphatic carbocycles. The average Bonchev–Trinajstić information content (AvgIpc) is 3.69. The van der Waals surface area contributed by atoms with Gasteiger partial charge >= 0.3 is 7.82 Å². The fourth-order valence-electron chi connectivity index (χ4n) is 4.77. The molecule has 0 spiro atoms. The Kier molecular flexibility index (Phi) is 7.14. The van der Waals surface area contributed by atoms with Crippen LogP contribution in [0.25, 0.3) is 22.3 Å². The number of aliphatic hydroxyl groups excluding tert-OH is 2. The van der Waals surface area contributed by atoms with Gasteiger partial charge in [-0.05, 0) is 0 Å². The number of fused-ring (bicyclic) bond motifs is 2. The largest absolute Gasteiger partial charge is 0.472 e. The first-order valence-corrected chi connectivity index (χ1v) is 13.6. The minimum absolute atomic E-state index is 0.0405. The molecule has 0 amide bonds. The van der Waals surface area contributed by atoms with Gasteiger partial charge in [0.05, 0.1) is 32.2 Å². The Balaban J connectivity index is 1.19. The lowest BCUT2D eigenvalue weighted by Gasteiger charge is -2.24. The van der Waals surface area contributed by atoms with Gasteiger partial charge in [-0.15, -0.1) is 0 Å². The molecule has 0 bridgehead atoms. The van der Waals surface area contributed by atoms with Crippen LogP contribution >= 0.6 is 7.82 Å². The number of anilines is 1. The third-order valence-corrected chi connectivity index (χ3v) is 7.74. The molecular formula is C20H22F2N9O10P. The fourth-order valence-corrected chi connectivity index (χ4v) is 5.70. The number of nitrogens with two attached hydrogens (primary N) is 1. The molecule has 0 radical (unpaired) electrons. The summed E-state index contributed by atoms with van der Waals surface area (Å²) in [7, 11) is -5.20. The molecule has 42 heavy (non-hydrogen) atoms. The third-order valence-electron chi connectivity index (χ3n) is 6.76. The highest BCUT2D eigenvalue weighted by Crippen LogP contribution is 2.50. The van der Waals surface area contributed by atoms with Crippen LogP contribution in [0.3, 0.4) is 0 Å². The fraction of sp³-hybridized carbons (Fsp3) is 0.500. The summed E-state index contributed by atoms with van der Waals surface area (Å²) >= 11 is 0. The van der Waals surface area contributed by atoms with E-state index in [1.165, 1.54) is 0 Å². The van der Waals surface area contributed by atoms with Crippen LogP contribution in [0.5, 0.6) is 0 Å². The maximum absolute atomic E-state index is 15.2. The number of hydrogen-bond acceptors (Lipinski definition) is 14. The zero-order valence-electron chi connectivity index (χ0n) is 20.9. The smallest absolute Gasteiger partial charge is 0.394 e. The Morgan fingerprint density at radius 2 is 1.69 bits per heavy atom. The van der Waals surface area contributed by atoms with E-state index in [1.807, 2.05) is 0 Å². The Hall–Kier alpha value is -3.69. The monoisotopic (exact) mass is 617 g/mol. The standard InChI is InChI=1S/C20H22F2N9O10P/c21-8-6(1-32)39-19(31-5-27-11-15(31)28-20(23)29-17(11)35)13(8)41-42(36,37)38-2-7-12(33)9(22)18(40-7)30-4-26-10-14(30)24-3-25-16(10)34/h3-9,12-13,18-19,32-33H,1-2H2,(H,36,37)(H,24,25,34)(H3,23,28,29,35)/t6-,7-,8-,9-,12-,13-,18-,19-/m1/s1. The van der Waals surface area contributed by atoms with Crippen molar-refractivity contribution in [2.75, 3.05) is 18.9 Å². The number of aliphatic hydroxyl groups is 2. The number of nitrogens with zero attached hydrogens (tertiary/aromatic N) is 6. The van der Waals surface area contributed by atoms with Crippen molar-refractivity contribution in [1.82, 2.24) is 39.0 Å². The summed E-state index contributed by atoms with van der Waals surface area (Å²) in [6.45, 7) is -1.74. The molecule has 226 valence electrons. The first-order valence-electron chi connectivity index (χ1n) is 12.2. The van der Waals surface area contributed by atoms with E-state index in [1.54, 1.807) is 0 Å². The van der Waals surface area contributed by atoms with Crippen LogP contribution in [0.1, 0.15) is 12.5 Å². The van der Waals surface area contributed by atoms with Crippen LogP contribution in [-0.2, 0) is 23.1 Å². The van der Waals surface area contributed by atoms with Gasteiger partial charge in [-0.25, -0.2) is 28.3 Å². The molecule has 2 fully saturated rings. The number of alkyl halides is 2. The molecule has 19 nitrogen and oxygen atoms in total. The first-order chi connectivity index (χ1) is 20.0. The summed E-state index contributed by atoms with van der Waals surface area (Å²) in [6.07, 6.45) is -11.0. The highest BCUT2D eigenvalue weighted by Gasteiger charge is 2.51. The lowest BCUT2D eigenvalue weighted by Crippen LogP contribution is -2.33. The number of nitrogen functional groups attached to an aromatic ring is 1. The molecule has 1 unspecified atom stereocenters. The summed E-state index contributed by atoms with van der Waals surface area (Å²) in [5, 5.41) is 19.9. The maximum atomic E-state index is 15.2. The Morgan fingerprint density at radius 3 is 2.40 bits per heavy atom. The first kappa shape index (κ1) is 28.4. The van der Waals surface area contributed by atoms with E-state index in [0.717, 1.165) is 28.1 Å². The maximum Gasteiger partial charge on any atom is 0.472 e. The molecule has 22 heteroatoms. The van der Waals surface area contributed by atoms with Crippen LogP contribution in [0, 0.1) is 0 Å². The second-order valence-corrected chi connectivity index (χ2v) is 10.8. The Morgan fingerprint density at radius 1 is 1.02 bits per heavy atom. The Labute approximate surface area is 230 Å². The molecule has 6 heterocycles. The van der Waals surface area contributed by atoms with Crippen molar-refractivity contribution < 1.29 is 47.0 Å². The van der Waals surface area contributed by atoms with Gasteiger partial charge in [0.2, 0.25) is 5.95 Å². The van der Waals surface area contributed by atoms with Crippen LogP contribution < -0.4 is 16.9 Å². The van der Waals surface area contributed by atoms with Crippen LogP contribution in [0.15, 0.2) is 28.6 Å². The lowest BCUT2D eigenvalue weighted by atomic mass is 10.1. The second-order valence-electron chi connectivity index (χ2n) is 9.36. The van der Waals surface area contributed by atoms with Crippen molar-refractivity contribution in [3.05, 3.63) is 39.7 Å². The number of rotatable bonds is 8. The molecule has 2 aliphatic heterocycles. The van der Waals surface area contributed by atoms with Gasteiger partial charge in [0, 0.05) is 0 Å². The van der Waals surface area contributed by atoms with E-state index in [0.29, 0.717) is 0 Å². The molecule has 9 atom stereocenters. The minimum atomic E-state index is -5.20. The molecule has 0 aromatic carbocycles. The van der Waals surface area contributed by atoms with E-state index in [-0.39, 0.29) is 28.3 Å². The number of aromatic nitrogens is 8. The quantitative estimate of drug-likeness (QED) is 0.119. The number of nitrogens with one attached hydrogen (secondary N) is 2. The zero-order chi connectivity index (χ0) is 29.9. The van der Waals surface area contributed by atoms with E-state index in [4.69, 9.17) is 24.3 Å². The van der Waals surface area contributed by atoms with Crippen LogP contribution in [0.2, 0.25) is 0 Å². The highest BCUT2D eigenvalue weighted by molar-refractivity contribution is 7.47. The number of hydrogen-bond donors (Lipinski definition) is 6. The van der Waals surface area contributed by atoms with Crippen LogP contribution in [0.4, 0.5) is 14.7 Å². The van der Waals surface area contributed by atoms with Gasteiger partial charge in [-0.1, -0.05) is 0 Å². The SMILES string of the molecule is Nc1nc2c(ncn2[C@@H]2O[C@H](CO)[C@@H](F)[C@H]2OP(=O)(O)OC[C@H]2O[C@@H](n3cnc4c(=O)[nH]cnc43)[C@H](F)[C@@H]2O)c(=O)[nH]1. The van der Waals surface area contributed by atoms with Gasteiger partial charge in [-0.3, -0.25) is 32.8 Å². The molecule has 6 rings (SSSR count). The van der Waals surface area contributed by atoms with E-state index in [2.05, 4.69) is 29.9 Å². The average molecular weight is 617 g/mol. The molecular weight excluding hydrogens is 595 g/mol. The molecule has 2 saturated heterocycles. The van der Waals surface area contributed by atoms with Crippen molar-refractivity contribution in [3.63, 3.8) is 0 Å². The number of H-pyrrole nitrogens is 2. The Bertz CT molecular complexity index is 1800. The topological polar surface area (TPSA) is 268 Å². The summed E-state index contributed by atoms with van der Waals surface area (Å²) in [5.41, 5.74) is 3.75. The van der Waals surface area contributed by atoms with E-state index in [9.17, 15) is 29.3 Å². The summed E-state index contributed by atoms with van der Waals surface area (Å²) in [4.78, 5) is 54.6. The predicted molar refractivity (Wildman–Crippen MR) is 132 cm³/mol. The van der Waals surface area contributed by atoms with E-state index >= 15 is 8.78 Å². The number of ether oxygens (including phenoxy) is 2. The van der Waals surface area contributed by atoms with Gasteiger partial charge in [0.25, 0.3) is 11.1 Å². The highest BCUT2D eigenvalue weighted by atomic mass is 31.2. The molecule has 0 saturated carbocycles. The normalized spacial score (nSPS) is 31.3. The van der Waals surface area contributed by atoms with Gasteiger partial charge < -0.3 is 35.3 Å². The molecule has 2 aliphatic rings. The minimum Gasteiger partial charge on any atom is -0.394 e. The van der Waals surface area contributed by atoms with E-state index < -0.39 is 81.4 Å². The second kappa shape index (κ2) is 10.5. The molecule has 4 aromatic heterocycles. The number of aromatic amines is 2. The number of phosphoric ester groups is 1. The van der Waals surface area contributed by atoms with Crippen molar-refractivity contribution in [1.29, 1.82) is 0 Å². The summed E-state index contributed by atoms with van der Waals surface area (Å²) in [6, 6.07) is 0. The summed E-state index contributed by atoms with van der Waals surface area (Å²) in [5.74, 6) is -0.303. The van der Waals surface area contributed by atoms with Gasteiger partial charge in [0.1, 0.15) is 24.4 Å². The lowest BCUT2D eigenvalue weighted by molar-refractivity contribution is -0.0600. The van der Waals surface area contributed by atoms with Crippen molar-refractivity contribution in [3.8, 4) is 0 Å². The summed E-state index contributed by atoms with van der Waals surface area (Å²) < 4.78 is 66.1. The van der Waals surface area contributed by atoms with Crippen molar-refractivity contribution in [2.45, 2.75) is 49.2 Å². The number of phosphoric acid groups is 1. The predicted octanol–water partition coefficient (Wildman–Crippen LogP) is -1.84. The van der Waals surface area contributed by atoms with Gasteiger partial charge in [-0.2, -0.15) is 4.98 Å². The van der Waals surface area contributed by atoms with Gasteiger partial charge in [0.15, 0.2) is 47.1 Å². The molecule has 7 N–H and O–H groups in total. The third kappa shape index (κ3) is 4.78. The van der Waals surface area contributed by atoms with Crippen molar-refractivity contribution >= 4 is 36.1 Å². The number of imidazole rings is 2. The van der Waals surface area contributed by atoms with Crippen LogP contribution in [-0.4, -0.2) is 104 Å².